The molecule has 1 heterocycles. The summed E-state index contributed by atoms with van der Waals surface area (Å²) in [4.78, 5) is 1.47. The van der Waals surface area contributed by atoms with E-state index < -0.39 is 0 Å². The molecule has 0 saturated heterocycles. The van der Waals surface area contributed by atoms with E-state index in [2.05, 4.69) is 11.4 Å². The Morgan fingerprint density at radius 1 is 1.47 bits per heavy atom. The predicted molar refractivity (Wildman–Crippen MR) is 62.9 cm³/mol. The predicted octanol–water partition coefficient (Wildman–Crippen LogP) is 3.63. The second-order valence-corrected chi connectivity index (χ2v) is 5.23. The molecule has 1 aromatic rings. The van der Waals surface area contributed by atoms with Gasteiger partial charge in [-0.3, -0.25) is 0 Å². The molecule has 0 N–H and O–H groups in total. The minimum atomic E-state index is 0. The van der Waals surface area contributed by atoms with Crippen LogP contribution in [0.3, 0.4) is 0 Å². The Kier molecular flexibility index (Phi) is 6.73. The van der Waals surface area contributed by atoms with Gasteiger partial charge in [0.2, 0.25) is 0 Å². The van der Waals surface area contributed by atoms with Crippen LogP contribution in [0.2, 0.25) is 5.82 Å². The van der Waals surface area contributed by atoms with Gasteiger partial charge in [0.15, 0.2) is 0 Å². The van der Waals surface area contributed by atoms with E-state index in [1.807, 2.05) is 6.07 Å². The summed E-state index contributed by atoms with van der Waals surface area (Å²) < 4.78 is 0. The first-order valence-corrected chi connectivity index (χ1v) is 6.38. The number of rotatable bonds is 4. The van der Waals surface area contributed by atoms with Gasteiger partial charge in [-0.15, -0.1) is 10.3 Å². The molecule has 15 heavy (non-hydrogen) atoms. The van der Waals surface area contributed by atoms with Crippen molar-refractivity contribution in [3.05, 3.63) is 22.4 Å². The van der Waals surface area contributed by atoms with E-state index in [9.17, 15) is 0 Å². The Bertz CT molecular complexity index is 261. The van der Waals surface area contributed by atoms with E-state index in [0.717, 1.165) is 5.92 Å². The standard InChI is InChI=1S/C12H16BS.Y/c13-12-8-2-5-10(12)4-1-6-11-7-3-9-14-11;/h3,7,10,12H,1-2,4-6,8H2;/q-1;. The first-order chi connectivity index (χ1) is 6.86. The molecule has 1 aliphatic carbocycles. The van der Waals surface area contributed by atoms with Crippen LogP contribution in [0.15, 0.2) is 12.1 Å². The molecule has 0 amide bonds. The van der Waals surface area contributed by atoms with Gasteiger partial charge in [-0.1, -0.05) is 44.3 Å². The van der Waals surface area contributed by atoms with Crippen molar-refractivity contribution in [1.29, 1.82) is 0 Å². The zero-order chi connectivity index (χ0) is 9.80. The van der Waals surface area contributed by atoms with Crippen LogP contribution in [-0.4, -0.2) is 7.85 Å². The summed E-state index contributed by atoms with van der Waals surface area (Å²) in [5.41, 5.74) is 0. The van der Waals surface area contributed by atoms with Gasteiger partial charge >= 0.3 is 0 Å². The smallest absolute Gasteiger partial charge is 0.0703 e. The summed E-state index contributed by atoms with van der Waals surface area (Å²) >= 11 is 1.75. The molecule has 0 aliphatic heterocycles. The van der Waals surface area contributed by atoms with Crippen LogP contribution in [0.25, 0.3) is 0 Å². The molecule has 1 fully saturated rings. The topological polar surface area (TPSA) is 0 Å². The van der Waals surface area contributed by atoms with E-state index in [-0.39, 0.29) is 32.7 Å². The largest absolute Gasteiger partial charge is 0.300 e. The number of hydrogen-bond acceptors (Lipinski definition) is 1. The summed E-state index contributed by atoms with van der Waals surface area (Å²) in [5.74, 6) is 1.30. The van der Waals surface area contributed by atoms with Crippen LogP contribution >= 0.6 is 11.3 Å². The maximum absolute atomic E-state index is 6.03. The van der Waals surface area contributed by atoms with E-state index in [1.54, 1.807) is 11.3 Å². The van der Waals surface area contributed by atoms with Gasteiger partial charge < -0.3 is 11.3 Å². The second-order valence-electron chi connectivity index (χ2n) is 4.27. The maximum atomic E-state index is 6.03. The van der Waals surface area contributed by atoms with Crippen LogP contribution in [0.4, 0.5) is 0 Å². The molecule has 0 aromatic carbocycles. The third kappa shape index (κ3) is 4.32. The fourth-order valence-corrected chi connectivity index (χ4v) is 3.04. The van der Waals surface area contributed by atoms with Gasteiger partial charge in [-0.2, -0.15) is 6.07 Å². The van der Waals surface area contributed by atoms with Crippen molar-refractivity contribution in [1.82, 2.24) is 0 Å². The molecule has 0 nitrogen and oxygen atoms in total. The van der Waals surface area contributed by atoms with Gasteiger partial charge in [0, 0.05) is 32.7 Å². The Morgan fingerprint density at radius 3 is 2.93 bits per heavy atom. The average Bonchev–Trinajstić information content (AvgIpc) is 2.78. The summed E-state index contributed by atoms with van der Waals surface area (Å²) in [5, 5.41) is 3.13. The third-order valence-electron chi connectivity index (χ3n) is 3.24. The molecular weight excluding hydrogens is 276 g/mol. The van der Waals surface area contributed by atoms with Crippen molar-refractivity contribution < 1.29 is 32.7 Å². The van der Waals surface area contributed by atoms with Crippen molar-refractivity contribution in [3.63, 3.8) is 0 Å². The molecule has 0 bridgehead atoms. The van der Waals surface area contributed by atoms with Crippen molar-refractivity contribution in [2.75, 3.05) is 0 Å². The van der Waals surface area contributed by atoms with Crippen LogP contribution < -0.4 is 0 Å². The molecule has 77 valence electrons. The minimum absolute atomic E-state index is 0. The zero-order valence-corrected chi connectivity index (χ0v) is 12.8. The maximum Gasteiger partial charge on any atom is 0.0703 e. The first-order valence-electron chi connectivity index (χ1n) is 5.56. The van der Waals surface area contributed by atoms with Gasteiger partial charge in [0.25, 0.3) is 0 Å². The second kappa shape index (κ2) is 7.24. The minimum Gasteiger partial charge on any atom is -0.300 e. The van der Waals surface area contributed by atoms with Crippen molar-refractivity contribution in [2.45, 2.75) is 44.3 Å². The number of aryl methyl sites for hydroxylation is 1. The monoisotopic (exact) mass is 292 g/mol. The SMILES string of the molecule is [B]C1CCCC1CCCc1cc[c-]s1.[Y]. The molecule has 1 aliphatic rings. The summed E-state index contributed by atoms with van der Waals surface area (Å²) in [6.07, 6.45) is 7.79. The fraction of sp³-hybridized carbons (Fsp3) is 0.667. The van der Waals surface area contributed by atoms with E-state index >= 15 is 0 Å². The Morgan fingerprint density at radius 2 is 2.33 bits per heavy atom. The van der Waals surface area contributed by atoms with E-state index in [4.69, 9.17) is 7.85 Å². The van der Waals surface area contributed by atoms with Crippen LogP contribution in [0, 0.1) is 11.3 Å². The van der Waals surface area contributed by atoms with Crippen molar-refractivity contribution >= 4 is 19.2 Å². The molecule has 1 saturated carbocycles. The van der Waals surface area contributed by atoms with Gasteiger partial charge in [0.1, 0.15) is 0 Å². The van der Waals surface area contributed by atoms with E-state index in [0.29, 0.717) is 5.82 Å². The normalized spacial score (nSPS) is 25.1. The molecule has 1 aromatic heterocycles. The molecule has 2 rings (SSSR count). The molecule has 0 spiro atoms. The van der Waals surface area contributed by atoms with Crippen LogP contribution in [0.1, 0.15) is 37.0 Å². The zero-order valence-electron chi connectivity index (χ0n) is 9.11. The number of thiophene rings is 1. The van der Waals surface area contributed by atoms with Crippen molar-refractivity contribution in [3.8, 4) is 0 Å². The summed E-state index contributed by atoms with van der Waals surface area (Å²) in [6, 6.07) is 4.19. The average molecular weight is 292 g/mol. The van der Waals surface area contributed by atoms with E-state index in [1.165, 1.54) is 43.4 Å². The Labute approximate surface area is 124 Å². The molecule has 3 radical (unpaired) electrons. The Balaban J connectivity index is 0.00000112. The molecular formula is C12H16BSY-. The third-order valence-corrected chi connectivity index (χ3v) is 4.10. The Hall–Kier alpha value is 0.869. The van der Waals surface area contributed by atoms with Gasteiger partial charge in [-0.25, -0.2) is 6.07 Å². The molecule has 3 heteroatoms. The summed E-state index contributed by atoms with van der Waals surface area (Å²) in [7, 11) is 6.03. The van der Waals surface area contributed by atoms with Gasteiger partial charge in [0.05, 0.1) is 7.85 Å². The first kappa shape index (κ1) is 13.9. The van der Waals surface area contributed by atoms with Gasteiger partial charge in [-0.05, 0) is 5.92 Å². The fourth-order valence-electron chi connectivity index (χ4n) is 2.37. The van der Waals surface area contributed by atoms with Crippen molar-refractivity contribution in [2.24, 2.45) is 5.92 Å². The molecule has 2 unspecified atom stereocenters. The number of hydrogen-bond donors (Lipinski definition) is 0. The molecule has 2 atom stereocenters. The quantitative estimate of drug-likeness (QED) is 0.587. The van der Waals surface area contributed by atoms with Crippen LogP contribution in [0.5, 0.6) is 0 Å². The van der Waals surface area contributed by atoms with Crippen LogP contribution in [-0.2, 0) is 39.1 Å². The summed E-state index contributed by atoms with van der Waals surface area (Å²) in [6.45, 7) is 0.